The molecule has 0 radical (unpaired) electrons. The molecule has 65 heavy (non-hydrogen) atoms. The van der Waals surface area contributed by atoms with Crippen LogP contribution in [0.15, 0.2) is 0 Å². The number of hydrogen-bond acceptors (Lipinski definition) is 16. The number of nitrogens with zero attached hydrogens (tertiary/aromatic N) is 4. The molecule has 0 spiro atoms. The number of amides is 4. The topological polar surface area (TPSA) is 264 Å². The lowest BCUT2D eigenvalue weighted by molar-refractivity contribution is -0.168. The van der Waals surface area contributed by atoms with Crippen molar-refractivity contribution >= 4 is 60.3 Å². The molecule has 2 aliphatic heterocycles. The summed E-state index contributed by atoms with van der Waals surface area (Å²) in [6, 6.07) is -7.64. The van der Waals surface area contributed by atoms with E-state index in [4.69, 9.17) is 0 Å². The van der Waals surface area contributed by atoms with Crippen molar-refractivity contribution in [1.82, 2.24) is 46.2 Å². The molecule has 2 saturated heterocycles. The third-order valence-corrected chi connectivity index (χ3v) is 11.6. The number of aldehydes is 4. The van der Waals surface area contributed by atoms with Gasteiger partial charge in [-0.3, -0.25) is 50.0 Å². The highest BCUT2D eigenvalue weighted by atomic mass is 16.3. The number of piperazine rings is 2. The Bertz CT molecular complexity index is 1660. The first kappa shape index (κ1) is 56.8. The minimum Gasteiger partial charge on any atom is -0.391 e. The van der Waals surface area contributed by atoms with E-state index in [1.165, 1.54) is 25.8 Å². The molecule has 0 aliphatic carbocycles. The number of rotatable bonds is 29. The van der Waals surface area contributed by atoms with Gasteiger partial charge < -0.3 is 49.2 Å². The van der Waals surface area contributed by atoms with Gasteiger partial charge in [0.1, 0.15) is 31.3 Å². The van der Waals surface area contributed by atoms with Crippen LogP contribution in [-0.2, 0) is 47.9 Å². The molecule has 2 rings (SSSR count). The van der Waals surface area contributed by atoms with E-state index >= 15 is 9.59 Å². The second kappa shape index (κ2) is 26.7. The highest BCUT2D eigenvalue weighted by molar-refractivity contribution is 6.11. The molecule has 11 atom stereocenters. The average Bonchev–Trinajstić information content (AvgIpc) is 3.23. The zero-order valence-electron chi connectivity index (χ0n) is 40.4. The summed E-state index contributed by atoms with van der Waals surface area (Å²) in [5, 5.41) is 25.0. The minimum absolute atomic E-state index is 0.0148. The minimum atomic E-state index is -1.86. The van der Waals surface area contributed by atoms with Gasteiger partial charge in [0, 0.05) is 26.2 Å². The summed E-state index contributed by atoms with van der Waals surface area (Å²) in [5.41, 5.74) is 0. The van der Waals surface area contributed by atoms with E-state index in [-0.39, 0.29) is 69.1 Å². The Morgan fingerprint density at radius 1 is 0.615 bits per heavy atom. The summed E-state index contributed by atoms with van der Waals surface area (Å²) in [6.07, 6.45) is -2.40. The lowest BCUT2D eigenvalue weighted by Gasteiger charge is -2.48. The van der Waals surface area contributed by atoms with E-state index in [0.29, 0.717) is 31.6 Å². The van der Waals surface area contributed by atoms with Crippen molar-refractivity contribution in [3.05, 3.63) is 0 Å². The fourth-order valence-corrected chi connectivity index (χ4v) is 8.36. The highest BCUT2D eigenvalue weighted by Gasteiger charge is 2.51. The molecule has 2 heterocycles. The molecule has 6 N–H and O–H groups in total. The third-order valence-electron chi connectivity index (χ3n) is 11.6. The number of aliphatic hydroxyl groups excluding tert-OH is 1. The van der Waals surface area contributed by atoms with Gasteiger partial charge in [-0.05, 0) is 77.2 Å². The molecule has 0 aromatic carbocycles. The van der Waals surface area contributed by atoms with Crippen LogP contribution in [0, 0.1) is 23.7 Å². The van der Waals surface area contributed by atoms with Crippen molar-refractivity contribution in [3.63, 3.8) is 0 Å². The van der Waals surface area contributed by atoms with Gasteiger partial charge in [-0.1, -0.05) is 55.4 Å². The zero-order valence-corrected chi connectivity index (χ0v) is 40.4. The maximum atomic E-state index is 15.3. The Morgan fingerprint density at radius 3 is 1.54 bits per heavy atom. The summed E-state index contributed by atoms with van der Waals surface area (Å²) < 4.78 is 0. The Morgan fingerprint density at radius 2 is 1.09 bits per heavy atom. The summed E-state index contributed by atoms with van der Waals surface area (Å²) in [6.45, 7) is 18.0. The summed E-state index contributed by atoms with van der Waals surface area (Å²) in [7, 11) is 1.53. The van der Waals surface area contributed by atoms with E-state index < -0.39 is 102 Å². The standard InChI is InChI=1S/C45H77N9O11/c1-25(2)17-32(21-55)47-29(9)42(62)53-15-16-54(45(65)41(53)49-34(23-57)19-27(5)6)40(48-33(22-56)18-26(3)4)44(64)51-13-14-52(39(31(11)60)50-36(24-58)30(10)59)43(63)37(51)38(61)35(46-12)20-28(7)8/h21-30,32-37,39-41,46-50,59H,13-20H2,1-12H3/t29?,30-,32+,33+,34+,35+,36-,37+,39?,40?,41?/m1/s1. The smallest absolute Gasteiger partial charge is 0.262 e. The monoisotopic (exact) mass is 920 g/mol. The van der Waals surface area contributed by atoms with Crippen molar-refractivity contribution in [2.75, 3.05) is 33.2 Å². The number of likely N-dealkylation sites (N-methyl/N-ethyl adjacent to an activating group) is 1. The van der Waals surface area contributed by atoms with Crippen LogP contribution >= 0.6 is 0 Å². The van der Waals surface area contributed by atoms with Gasteiger partial charge in [-0.2, -0.15) is 0 Å². The molecule has 4 unspecified atom stereocenters. The number of ketones is 2. The van der Waals surface area contributed by atoms with E-state index in [2.05, 4.69) is 26.6 Å². The largest absolute Gasteiger partial charge is 0.391 e. The van der Waals surface area contributed by atoms with Gasteiger partial charge >= 0.3 is 0 Å². The molecule has 0 saturated carbocycles. The number of Topliss-reactive ketones (excluding diaryl/α,β-unsaturated/α-hetero) is 2. The van der Waals surface area contributed by atoms with Gasteiger partial charge in [-0.25, -0.2) is 0 Å². The van der Waals surface area contributed by atoms with Crippen molar-refractivity contribution in [2.45, 2.75) is 169 Å². The van der Waals surface area contributed by atoms with Crippen LogP contribution in [0.5, 0.6) is 0 Å². The normalized spacial score (nSPS) is 21.4. The van der Waals surface area contributed by atoms with Gasteiger partial charge in [0.2, 0.25) is 5.91 Å². The molecule has 0 bridgehead atoms. The lowest BCUT2D eigenvalue weighted by atomic mass is 9.93. The van der Waals surface area contributed by atoms with Crippen molar-refractivity contribution in [2.24, 2.45) is 23.7 Å². The number of aliphatic hydroxyl groups is 1. The first-order valence-electron chi connectivity index (χ1n) is 22.9. The van der Waals surface area contributed by atoms with Crippen LogP contribution < -0.4 is 26.6 Å². The summed E-state index contributed by atoms with van der Waals surface area (Å²) >= 11 is 0. The molecule has 20 heteroatoms. The maximum absolute atomic E-state index is 15.3. The molecule has 20 nitrogen and oxygen atoms in total. The summed E-state index contributed by atoms with van der Waals surface area (Å²) in [5.74, 6) is -4.59. The molecule has 2 fully saturated rings. The Hall–Kier alpha value is -4.34. The quantitative estimate of drug-likeness (QED) is 0.0389. The van der Waals surface area contributed by atoms with Crippen LogP contribution in [0.1, 0.15) is 102 Å². The van der Waals surface area contributed by atoms with Crippen LogP contribution in [0.4, 0.5) is 0 Å². The van der Waals surface area contributed by atoms with Crippen molar-refractivity contribution < 1.29 is 53.1 Å². The van der Waals surface area contributed by atoms with Crippen LogP contribution in [0.3, 0.4) is 0 Å². The molecule has 368 valence electrons. The fraction of sp³-hybridized carbons (Fsp3) is 0.778. The van der Waals surface area contributed by atoms with E-state index in [9.17, 15) is 43.5 Å². The van der Waals surface area contributed by atoms with Crippen LogP contribution in [-0.4, -0.2) is 185 Å². The van der Waals surface area contributed by atoms with Crippen LogP contribution in [0.2, 0.25) is 0 Å². The molecule has 2 aliphatic rings. The second-order valence-electron chi connectivity index (χ2n) is 19.1. The van der Waals surface area contributed by atoms with Crippen molar-refractivity contribution in [3.8, 4) is 0 Å². The first-order valence-corrected chi connectivity index (χ1v) is 22.9. The summed E-state index contributed by atoms with van der Waals surface area (Å²) in [4.78, 5) is 141. The number of nitrogens with one attached hydrogen (secondary N) is 5. The van der Waals surface area contributed by atoms with Gasteiger partial charge in [0.05, 0.1) is 42.4 Å². The van der Waals surface area contributed by atoms with E-state index in [1.54, 1.807) is 6.92 Å². The van der Waals surface area contributed by atoms with Gasteiger partial charge in [0.25, 0.3) is 17.7 Å². The molecular weight excluding hydrogens is 843 g/mol. The van der Waals surface area contributed by atoms with Gasteiger partial charge in [-0.15, -0.1) is 0 Å². The molecule has 0 aromatic heterocycles. The van der Waals surface area contributed by atoms with Crippen LogP contribution in [0.25, 0.3) is 0 Å². The Labute approximate surface area is 384 Å². The third kappa shape index (κ3) is 15.9. The maximum Gasteiger partial charge on any atom is 0.262 e. The number of carbonyl (C=O) groups is 10. The Kier molecular flexibility index (Phi) is 23.3. The fourth-order valence-electron chi connectivity index (χ4n) is 8.36. The first-order chi connectivity index (χ1) is 30.5. The average molecular weight is 920 g/mol. The predicted octanol–water partition coefficient (Wildman–Crippen LogP) is -0.997. The number of carbonyl (C=O) groups excluding carboxylic acids is 10. The van der Waals surface area contributed by atoms with E-state index in [0.717, 1.165) is 14.7 Å². The molecular formula is C45H77N9O11. The predicted molar refractivity (Wildman–Crippen MR) is 241 cm³/mol. The van der Waals surface area contributed by atoms with E-state index in [1.807, 2.05) is 55.4 Å². The second-order valence-corrected chi connectivity index (χ2v) is 19.1. The Balaban J connectivity index is 2.83. The molecule has 4 amide bonds. The zero-order chi connectivity index (χ0) is 49.5. The van der Waals surface area contributed by atoms with Crippen molar-refractivity contribution in [1.29, 1.82) is 0 Å². The van der Waals surface area contributed by atoms with Gasteiger partial charge in [0.15, 0.2) is 29.9 Å². The lowest BCUT2D eigenvalue weighted by Crippen LogP contribution is -2.74. The molecule has 0 aromatic rings. The number of hydrogen-bond donors (Lipinski definition) is 6. The SMILES string of the molecule is CN[C@@H](CC(C)C)C(=O)[C@H]1C(=O)N(C(N[C@H](C=O)[C@@H](C)O)C(C)=O)CCN1C(=O)C(N[C@H](C=O)CC(C)C)N1CCN(C(=O)C(C)N[C@H](C=O)CC(C)C)C(N[C@H](C=O)CC(C)C)C1=O. The highest BCUT2D eigenvalue weighted by Crippen LogP contribution is 2.24.